The summed E-state index contributed by atoms with van der Waals surface area (Å²) in [5, 5.41) is 2.75. The largest absolute Gasteiger partial charge is 0.488 e. The summed E-state index contributed by atoms with van der Waals surface area (Å²) < 4.78 is 29.7. The van der Waals surface area contributed by atoms with E-state index in [9.17, 15) is 13.2 Å². The second-order valence-corrected chi connectivity index (χ2v) is 6.61. The Bertz CT molecular complexity index is 561. The highest BCUT2D eigenvalue weighted by Crippen LogP contribution is 2.27. The molecule has 0 bridgehead atoms. The van der Waals surface area contributed by atoms with Gasteiger partial charge in [-0.15, -0.1) is 0 Å². The van der Waals surface area contributed by atoms with Crippen LogP contribution in [0.1, 0.15) is 12.0 Å². The number of carbonyl (C=O) groups excluding carboxylic acids is 1. The smallest absolute Gasteiger partial charge is 0.221 e. The van der Waals surface area contributed by atoms with Gasteiger partial charge in [0.2, 0.25) is 15.9 Å². The molecule has 1 atom stereocenters. The second-order valence-electron chi connectivity index (χ2n) is 4.77. The number of rotatable bonds is 6. The lowest BCUT2D eigenvalue weighted by atomic mass is 10.1. The zero-order valence-electron chi connectivity index (χ0n) is 11.3. The maximum absolute atomic E-state index is 11.6. The predicted octanol–water partition coefficient (Wildman–Crippen LogP) is 0.0456. The highest BCUT2D eigenvalue weighted by atomic mass is 32.2. The summed E-state index contributed by atoms with van der Waals surface area (Å²) in [5.41, 5.74) is 1.14. The molecule has 2 rings (SSSR count). The van der Waals surface area contributed by atoms with Crippen LogP contribution in [0.3, 0.4) is 0 Å². The third-order valence-corrected chi connectivity index (χ3v) is 3.69. The maximum Gasteiger partial charge on any atom is 0.221 e. The predicted molar refractivity (Wildman–Crippen MR) is 75.0 cm³/mol. The quantitative estimate of drug-likeness (QED) is 0.777. The van der Waals surface area contributed by atoms with Gasteiger partial charge in [-0.1, -0.05) is 18.2 Å². The van der Waals surface area contributed by atoms with Crippen LogP contribution in [-0.4, -0.2) is 39.8 Å². The fraction of sp³-hybridized carbons (Fsp3) is 0.462. The first-order chi connectivity index (χ1) is 9.44. The van der Waals surface area contributed by atoms with Crippen LogP contribution in [0, 0.1) is 0 Å². The van der Waals surface area contributed by atoms with Gasteiger partial charge in [0.05, 0.1) is 12.8 Å². The van der Waals surface area contributed by atoms with Crippen molar-refractivity contribution in [1.29, 1.82) is 0 Å². The lowest BCUT2D eigenvalue weighted by molar-refractivity contribution is -0.121. The first-order valence-corrected chi connectivity index (χ1v) is 8.29. The summed E-state index contributed by atoms with van der Waals surface area (Å²) in [6.07, 6.45) is 1.90. The fourth-order valence-corrected chi connectivity index (χ4v) is 2.51. The molecule has 2 N–H and O–H groups in total. The standard InChI is InChI=1S/C13H18N2O4S/c1-20(17,18)15-7-6-13(16)14-9-11-8-10-4-2-3-5-12(10)19-11/h2-5,11,15H,6-9H2,1H3,(H,14,16). The molecule has 6 nitrogen and oxygen atoms in total. The number of fused-ring (bicyclic) bond motifs is 1. The Morgan fingerprint density at radius 3 is 2.85 bits per heavy atom. The molecule has 7 heteroatoms. The number of carbonyl (C=O) groups is 1. The minimum absolute atomic E-state index is 0.0563. The molecule has 1 heterocycles. The van der Waals surface area contributed by atoms with Crippen molar-refractivity contribution in [2.75, 3.05) is 19.3 Å². The minimum Gasteiger partial charge on any atom is -0.488 e. The summed E-state index contributed by atoms with van der Waals surface area (Å²) in [7, 11) is -3.24. The van der Waals surface area contributed by atoms with E-state index in [1.165, 1.54) is 0 Å². The van der Waals surface area contributed by atoms with Crippen LogP contribution in [0.2, 0.25) is 0 Å². The van der Waals surface area contributed by atoms with E-state index < -0.39 is 10.0 Å². The van der Waals surface area contributed by atoms with Crippen LogP contribution >= 0.6 is 0 Å². The van der Waals surface area contributed by atoms with Crippen molar-refractivity contribution in [3.63, 3.8) is 0 Å². The third kappa shape index (κ3) is 4.50. The number of sulfonamides is 1. The van der Waals surface area contributed by atoms with Crippen molar-refractivity contribution in [2.45, 2.75) is 18.9 Å². The SMILES string of the molecule is CS(=O)(=O)NCCC(=O)NCC1Cc2ccccc2O1. The van der Waals surface area contributed by atoms with Crippen LogP contribution in [0.5, 0.6) is 5.75 Å². The Morgan fingerprint density at radius 2 is 2.15 bits per heavy atom. The van der Waals surface area contributed by atoms with Crippen LogP contribution in [0.4, 0.5) is 0 Å². The summed E-state index contributed by atoms with van der Waals surface area (Å²) in [4.78, 5) is 11.6. The van der Waals surface area contributed by atoms with Crippen molar-refractivity contribution < 1.29 is 17.9 Å². The zero-order chi connectivity index (χ0) is 14.6. The zero-order valence-corrected chi connectivity index (χ0v) is 12.1. The van der Waals surface area contributed by atoms with Gasteiger partial charge in [0, 0.05) is 19.4 Å². The van der Waals surface area contributed by atoms with Gasteiger partial charge in [-0.3, -0.25) is 4.79 Å². The lowest BCUT2D eigenvalue weighted by Crippen LogP contribution is -2.36. The molecule has 1 unspecified atom stereocenters. The highest BCUT2D eigenvalue weighted by Gasteiger charge is 2.22. The topological polar surface area (TPSA) is 84.5 Å². The van der Waals surface area contributed by atoms with E-state index in [2.05, 4.69) is 10.0 Å². The summed E-state index contributed by atoms with van der Waals surface area (Å²) in [6.45, 7) is 0.531. The molecule has 20 heavy (non-hydrogen) atoms. The van der Waals surface area contributed by atoms with Gasteiger partial charge in [0.25, 0.3) is 0 Å². The van der Waals surface area contributed by atoms with Crippen LogP contribution < -0.4 is 14.8 Å². The van der Waals surface area contributed by atoms with E-state index in [0.717, 1.165) is 24.0 Å². The van der Waals surface area contributed by atoms with E-state index >= 15 is 0 Å². The molecule has 0 saturated heterocycles. The van der Waals surface area contributed by atoms with Crippen LogP contribution in [0.25, 0.3) is 0 Å². The molecule has 0 saturated carbocycles. The summed E-state index contributed by atoms with van der Waals surface area (Å²) >= 11 is 0. The number of ether oxygens (including phenoxy) is 1. The number of hydrogen-bond acceptors (Lipinski definition) is 4. The molecule has 0 aromatic heterocycles. The highest BCUT2D eigenvalue weighted by molar-refractivity contribution is 7.88. The van der Waals surface area contributed by atoms with Gasteiger partial charge < -0.3 is 10.1 Å². The second kappa shape index (κ2) is 6.23. The van der Waals surface area contributed by atoms with Gasteiger partial charge in [0.15, 0.2) is 0 Å². The Balaban J connectivity index is 1.68. The van der Waals surface area contributed by atoms with E-state index in [-0.39, 0.29) is 25.0 Å². The molecule has 1 aliphatic heterocycles. The van der Waals surface area contributed by atoms with Gasteiger partial charge >= 0.3 is 0 Å². The number of hydrogen-bond donors (Lipinski definition) is 2. The molecule has 1 amide bonds. The Morgan fingerprint density at radius 1 is 1.40 bits per heavy atom. The van der Waals surface area contributed by atoms with E-state index in [4.69, 9.17) is 4.74 Å². The molecule has 0 fully saturated rings. The lowest BCUT2D eigenvalue weighted by Gasteiger charge is -2.12. The molecule has 0 spiro atoms. The Labute approximate surface area is 118 Å². The molecule has 0 radical (unpaired) electrons. The number of benzene rings is 1. The molecular formula is C13H18N2O4S. The first kappa shape index (κ1) is 14.8. The van der Waals surface area contributed by atoms with Gasteiger partial charge in [-0.05, 0) is 11.6 Å². The van der Waals surface area contributed by atoms with Gasteiger partial charge in [-0.2, -0.15) is 0 Å². The summed E-state index contributed by atoms with van der Waals surface area (Å²) in [6, 6.07) is 7.79. The normalized spacial score (nSPS) is 17.4. The van der Waals surface area contributed by atoms with E-state index in [1.807, 2.05) is 24.3 Å². The first-order valence-electron chi connectivity index (χ1n) is 6.40. The van der Waals surface area contributed by atoms with Crippen molar-refractivity contribution in [3.05, 3.63) is 29.8 Å². The van der Waals surface area contributed by atoms with Gasteiger partial charge in [-0.25, -0.2) is 13.1 Å². The van der Waals surface area contributed by atoms with Crippen molar-refractivity contribution >= 4 is 15.9 Å². The van der Waals surface area contributed by atoms with Crippen molar-refractivity contribution in [2.24, 2.45) is 0 Å². The summed E-state index contributed by atoms with van der Waals surface area (Å²) in [5.74, 6) is 0.672. The molecule has 0 aliphatic carbocycles. The molecule has 1 aromatic rings. The maximum atomic E-state index is 11.6. The van der Waals surface area contributed by atoms with Crippen LogP contribution in [0.15, 0.2) is 24.3 Å². The van der Waals surface area contributed by atoms with Crippen LogP contribution in [-0.2, 0) is 21.2 Å². The number of para-hydroxylation sites is 1. The average molecular weight is 298 g/mol. The van der Waals surface area contributed by atoms with Crippen molar-refractivity contribution in [1.82, 2.24) is 10.0 Å². The molecular weight excluding hydrogens is 280 g/mol. The number of nitrogens with one attached hydrogen (secondary N) is 2. The monoisotopic (exact) mass is 298 g/mol. The third-order valence-electron chi connectivity index (χ3n) is 2.96. The number of amides is 1. The minimum atomic E-state index is -3.24. The van der Waals surface area contributed by atoms with Crippen molar-refractivity contribution in [3.8, 4) is 5.75 Å². The van der Waals surface area contributed by atoms with Gasteiger partial charge in [0.1, 0.15) is 11.9 Å². The Hall–Kier alpha value is -1.60. The molecule has 1 aromatic carbocycles. The molecule has 1 aliphatic rings. The average Bonchev–Trinajstić information content (AvgIpc) is 2.77. The molecule has 110 valence electrons. The Kier molecular flexibility index (Phi) is 4.61. The van der Waals surface area contributed by atoms with E-state index in [1.54, 1.807) is 0 Å². The fourth-order valence-electron chi connectivity index (χ4n) is 2.03. The van der Waals surface area contributed by atoms with E-state index in [0.29, 0.717) is 6.54 Å².